The Bertz CT molecular complexity index is 2420. The van der Waals surface area contributed by atoms with Crippen molar-refractivity contribution in [3.05, 3.63) is 76.6 Å². The number of thiazole rings is 1. The first kappa shape index (κ1) is 43.2. The van der Waals surface area contributed by atoms with Crippen LogP contribution in [0, 0.1) is 17.8 Å². The molecule has 328 valence electrons. The van der Waals surface area contributed by atoms with E-state index >= 15 is 0 Å². The summed E-state index contributed by atoms with van der Waals surface area (Å²) in [6, 6.07) is 10.7. The van der Waals surface area contributed by atoms with Crippen molar-refractivity contribution in [2.45, 2.75) is 77.1 Å². The SMILES string of the molecule is C[C@H](CNc1cccc2c1C(=O)N(C1CCC(=O)NC1=O)C2=O)C1CCN(CC2CCN(c3nc4cc(C(C)(C)O)c(NC(=O)c5cccc(C(F)(F)F)n5)cc4s3)CC2)CC1. The summed E-state index contributed by atoms with van der Waals surface area (Å²) in [5, 5.41) is 20.2. The molecule has 14 nitrogen and oxygen atoms in total. The number of anilines is 3. The van der Waals surface area contributed by atoms with Crippen LogP contribution in [0.5, 0.6) is 0 Å². The summed E-state index contributed by atoms with van der Waals surface area (Å²) >= 11 is 1.46. The molecule has 0 bridgehead atoms. The number of amides is 5. The Labute approximate surface area is 360 Å². The van der Waals surface area contributed by atoms with E-state index < -0.39 is 58.7 Å². The lowest BCUT2D eigenvalue weighted by molar-refractivity contribution is -0.141. The van der Waals surface area contributed by atoms with Crippen molar-refractivity contribution in [2.24, 2.45) is 17.8 Å². The van der Waals surface area contributed by atoms with Crippen molar-refractivity contribution >= 4 is 67.6 Å². The minimum atomic E-state index is -4.70. The Hall–Kier alpha value is -5.46. The van der Waals surface area contributed by atoms with Crippen LogP contribution < -0.4 is 20.9 Å². The van der Waals surface area contributed by atoms with E-state index in [0.29, 0.717) is 41.1 Å². The van der Waals surface area contributed by atoms with Gasteiger partial charge in [0, 0.05) is 49.5 Å². The summed E-state index contributed by atoms with van der Waals surface area (Å²) in [5.41, 5.74) is -0.552. The minimum Gasteiger partial charge on any atom is -0.386 e. The lowest BCUT2D eigenvalue weighted by Gasteiger charge is -2.39. The fourth-order valence-electron chi connectivity index (χ4n) is 9.09. The molecule has 8 rings (SSSR count). The molecule has 5 amide bonds. The number of aliphatic hydroxyl groups is 1. The zero-order chi connectivity index (χ0) is 44.1. The van der Waals surface area contributed by atoms with E-state index in [1.807, 2.05) is 0 Å². The number of hydrogen-bond acceptors (Lipinski definition) is 12. The van der Waals surface area contributed by atoms with E-state index in [-0.39, 0.29) is 29.7 Å². The second-order valence-electron chi connectivity index (χ2n) is 17.4. The first-order valence-electron chi connectivity index (χ1n) is 21.0. The maximum Gasteiger partial charge on any atom is 0.433 e. The molecule has 62 heavy (non-hydrogen) atoms. The van der Waals surface area contributed by atoms with Crippen molar-refractivity contribution in [3.8, 4) is 0 Å². The number of carbonyl (C=O) groups excluding carboxylic acids is 5. The standard InChI is InChI=1S/C44H49F3N8O6S/c1-24(22-48-29-7-4-6-27-37(29)41(60)55(40(27)59)33-10-11-36(56)52-39(33)58)26-14-16-53(17-15-26)23-25-12-18-54(19-13-25)42-51-32-20-28(43(2,3)61)31(21-34(32)62-42)50-38(57)30-8-5-9-35(49-30)44(45,46)47/h4-9,20-21,24-26,33,48,61H,10-19,22-23H2,1-3H3,(H,50,57)(H,52,56,58)/t24-,33?/m1/s1. The van der Waals surface area contributed by atoms with Gasteiger partial charge in [-0.25, -0.2) is 9.97 Å². The number of nitrogens with one attached hydrogen (secondary N) is 3. The van der Waals surface area contributed by atoms with Gasteiger partial charge in [0.25, 0.3) is 17.7 Å². The summed E-state index contributed by atoms with van der Waals surface area (Å²) in [5.74, 6) is -1.59. The van der Waals surface area contributed by atoms with Crippen LogP contribution >= 0.6 is 11.3 Å². The van der Waals surface area contributed by atoms with Gasteiger partial charge in [-0.3, -0.25) is 34.2 Å². The Morgan fingerprint density at radius 1 is 0.935 bits per heavy atom. The molecule has 4 N–H and O–H groups in total. The average molecular weight is 875 g/mol. The zero-order valence-corrected chi connectivity index (χ0v) is 35.5. The molecule has 4 aliphatic heterocycles. The first-order valence-corrected chi connectivity index (χ1v) is 21.8. The van der Waals surface area contributed by atoms with Crippen LogP contribution in [-0.4, -0.2) is 99.7 Å². The predicted molar refractivity (Wildman–Crippen MR) is 227 cm³/mol. The zero-order valence-electron chi connectivity index (χ0n) is 34.7. The second kappa shape index (κ2) is 17.0. The Balaban J connectivity index is 0.824. The number of hydrogen-bond donors (Lipinski definition) is 4. The largest absolute Gasteiger partial charge is 0.433 e. The van der Waals surface area contributed by atoms with Crippen molar-refractivity contribution in [1.82, 2.24) is 25.1 Å². The molecule has 0 aliphatic carbocycles. The number of halogens is 3. The molecule has 3 fully saturated rings. The quantitative estimate of drug-likeness (QED) is 0.125. The van der Waals surface area contributed by atoms with Crippen molar-refractivity contribution < 1.29 is 42.3 Å². The molecule has 4 aliphatic rings. The normalized spacial score (nSPS) is 20.1. The van der Waals surface area contributed by atoms with Crippen LogP contribution in [0.4, 0.5) is 29.7 Å². The first-order chi connectivity index (χ1) is 29.4. The lowest BCUT2D eigenvalue weighted by Crippen LogP contribution is -2.54. The highest BCUT2D eigenvalue weighted by Crippen LogP contribution is 2.39. The van der Waals surface area contributed by atoms with Crippen LogP contribution in [0.1, 0.15) is 102 Å². The number of piperidine rings is 3. The molecule has 2 aromatic carbocycles. The van der Waals surface area contributed by atoms with Gasteiger partial charge in [0.15, 0.2) is 5.13 Å². The molecule has 6 heterocycles. The Kier molecular flexibility index (Phi) is 11.9. The van der Waals surface area contributed by atoms with Crippen LogP contribution in [0.2, 0.25) is 0 Å². The van der Waals surface area contributed by atoms with Gasteiger partial charge in [-0.2, -0.15) is 13.2 Å². The molecule has 0 spiro atoms. The van der Waals surface area contributed by atoms with Crippen LogP contribution in [0.3, 0.4) is 0 Å². The van der Waals surface area contributed by atoms with E-state index in [2.05, 4.69) is 37.7 Å². The van der Waals surface area contributed by atoms with Gasteiger partial charge in [0.2, 0.25) is 11.8 Å². The summed E-state index contributed by atoms with van der Waals surface area (Å²) in [7, 11) is 0. The number of alkyl halides is 3. The summed E-state index contributed by atoms with van der Waals surface area (Å²) < 4.78 is 40.6. The van der Waals surface area contributed by atoms with E-state index in [1.54, 1.807) is 44.2 Å². The second-order valence-corrected chi connectivity index (χ2v) is 18.4. The van der Waals surface area contributed by atoms with E-state index in [1.165, 1.54) is 17.4 Å². The molecular formula is C44H49F3N8O6S. The highest BCUT2D eigenvalue weighted by Gasteiger charge is 2.46. The number of imide groups is 2. The number of carbonyl (C=O) groups is 5. The van der Waals surface area contributed by atoms with Crippen molar-refractivity contribution in [2.75, 3.05) is 54.8 Å². The molecule has 4 aromatic rings. The Morgan fingerprint density at radius 3 is 2.35 bits per heavy atom. The third-order valence-corrected chi connectivity index (χ3v) is 13.7. The number of benzene rings is 2. The highest BCUT2D eigenvalue weighted by atomic mass is 32.1. The molecule has 18 heteroatoms. The molecule has 1 unspecified atom stereocenters. The van der Waals surface area contributed by atoms with Gasteiger partial charge in [0.1, 0.15) is 17.4 Å². The number of likely N-dealkylation sites (tertiary alicyclic amines) is 1. The van der Waals surface area contributed by atoms with Crippen LogP contribution in [-0.2, 0) is 21.4 Å². The Morgan fingerprint density at radius 2 is 1.66 bits per heavy atom. The molecule has 3 saturated heterocycles. The fraction of sp³-hybridized carbons (Fsp3) is 0.477. The van der Waals surface area contributed by atoms with Gasteiger partial charge in [-0.15, -0.1) is 0 Å². The maximum absolute atomic E-state index is 13.5. The van der Waals surface area contributed by atoms with Crippen molar-refractivity contribution in [3.63, 3.8) is 0 Å². The third-order valence-electron chi connectivity index (χ3n) is 12.6. The summed E-state index contributed by atoms with van der Waals surface area (Å²) in [6.07, 6.45) is -0.430. The van der Waals surface area contributed by atoms with E-state index in [4.69, 9.17) is 4.98 Å². The molecule has 0 radical (unpaired) electrons. The van der Waals surface area contributed by atoms with Crippen LogP contribution in [0.15, 0.2) is 48.5 Å². The van der Waals surface area contributed by atoms with Gasteiger partial charge < -0.3 is 25.5 Å². The molecule has 2 atom stereocenters. The topological polar surface area (TPSA) is 177 Å². The number of fused-ring (bicyclic) bond motifs is 2. The summed E-state index contributed by atoms with van der Waals surface area (Å²) in [4.78, 5) is 78.2. The van der Waals surface area contributed by atoms with Gasteiger partial charge >= 0.3 is 6.18 Å². The fourth-order valence-corrected chi connectivity index (χ4v) is 10.1. The third kappa shape index (κ3) is 8.90. The maximum atomic E-state index is 13.5. The highest BCUT2D eigenvalue weighted by molar-refractivity contribution is 7.22. The van der Waals surface area contributed by atoms with Crippen molar-refractivity contribution in [1.29, 1.82) is 0 Å². The predicted octanol–water partition coefficient (Wildman–Crippen LogP) is 6.27. The van der Waals surface area contributed by atoms with Gasteiger partial charge in [0.05, 0.1) is 26.9 Å². The van der Waals surface area contributed by atoms with E-state index in [0.717, 1.165) is 85.3 Å². The number of pyridine rings is 1. The van der Waals surface area contributed by atoms with Gasteiger partial charge in [-0.05, 0) is 113 Å². The minimum absolute atomic E-state index is 0.0666. The molecular weight excluding hydrogens is 826 g/mol. The van der Waals surface area contributed by atoms with Gasteiger partial charge in [-0.1, -0.05) is 30.4 Å². The monoisotopic (exact) mass is 874 g/mol. The summed E-state index contributed by atoms with van der Waals surface area (Å²) in [6.45, 7) is 10.6. The van der Waals surface area contributed by atoms with Crippen LogP contribution in [0.25, 0.3) is 10.2 Å². The van der Waals surface area contributed by atoms with E-state index in [9.17, 15) is 42.3 Å². The molecule has 2 aromatic heterocycles. The lowest BCUT2D eigenvalue weighted by atomic mass is 9.84. The number of aromatic nitrogens is 2. The molecule has 0 saturated carbocycles. The number of nitrogens with zero attached hydrogens (tertiary/aromatic N) is 5. The smallest absolute Gasteiger partial charge is 0.386 e. The number of rotatable bonds is 11. The average Bonchev–Trinajstić information content (AvgIpc) is 3.77.